The van der Waals surface area contributed by atoms with Gasteiger partial charge in [0.2, 0.25) is 0 Å². The molecule has 0 aliphatic heterocycles. The van der Waals surface area contributed by atoms with Crippen molar-refractivity contribution in [3.8, 4) is 5.75 Å². The largest absolute Gasteiger partial charge is 0.461 e. The normalized spacial score (nSPS) is 9.62. The molecule has 0 saturated heterocycles. The molecule has 16 heavy (non-hydrogen) atoms. The van der Waals surface area contributed by atoms with Gasteiger partial charge in [0.15, 0.2) is 0 Å². The molecule has 0 unspecified atom stereocenters. The van der Waals surface area contributed by atoms with E-state index in [1.165, 1.54) is 13.0 Å². The van der Waals surface area contributed by atoms with E-state index in [2.05, 4.69) is 15.9 Å². The van der Waals surface area contributed by atoms with Gasteiger partial charge in [-0.05, 0) is 18.2 Å². The molecule has 0 heterocycles. The first-order valence-corrected chi connectivity index (χ1v) is 5.77. The number of benzene rings is 1. The van der Waals surface area contributed by atoms with E-state index in [1.807, 2.05) is 0 Å². The van der Waals surface area contributed by atoms with Gasteiger partial charge in [-0.1, -0.05) is 22.0 Å². The Bertz CT molecular complexity index is 389. The lowest BCUT2D eigenvalue weighted by Gasteiger charge is -2.04. The highest BCUT2D eigenvalue weighted by atomic mass is 79.9. The van der Waals surface area contributed by atoms with Crippen molar-refractivity contribution in [1.29, 1.82) is 0 Å². The summed E-state index contributed by atoms with van der Waals surface area (Å²) in [6.45, 7) is 1.60. The minimum Gasteiger partial charge on any atom is -0.461 e. The Morgan fingerprint density at radius 2 is 2.12 bits per heavy atom. The Kier molecular flexibility index (Phi) is 4.98. The van der Waals surface area contributed by atoms with E-state index >= 15 is 0 Å². The van der Waals surface area contributed by atoms with Gasteiger partial charge in [-0.3, -0.25) is 4.79 Å². The molecule has 0 bridgehead atoms. The number of esters is 2. The zero-order chi connectivity index (χ0) is 12.0. The van der Waals surface area contributed by atoms with Crippen LogP contribution in [0.3, 0.4) is 0 Å². The topological polar surface area (TPSA) is 52.6 Å². The number of alkyl halides is 1. The standard InChI is InChI=1S/C11H11BrO4/c1-8(13)16-10-4-2-3-9(7-10)11(14)15-6-5-12/h2-4,7H,5-6H2,1H3. The summed E-state index contributed by atoms with van der Waals surface area (Å²) in [7, 11) is 0. The zero-order valence-electron chi connectivity index (χ0n) is 8.73. The smallest absolute Gasteiger partial charge is 0.338 e. The number of rotatable bonds is 4. The van der Waals surface area contributed by atoms with Gasteiger partial charge in [0.1, 0.15) is 12.4 Å². The third-order valence-electron chi connectivity index (χ3n) is 1.64. The van der Waals surface area contributed by atoms with Crippen LogP contribution in [0.5, 0.6) is 5.75 Å². The second-order valence-corrected chi connectivity index (χ2v) is 3.74. The Morgan fingerprint density at radius 1 is 1.38 bits per heavy atom. The second kappa shape index (κ2) is 6.27. The van der Waals surface area contributed by atoms with Crippen molar-refractivity contribution in [1.82, 2.24) is 0 Å². The average molecular weight is 287 g/mol. The number of carbonyl (C=O) groups is 2. The van der Waals surface area contributed by atoms with Crippen LogP contribution in [0.15, 0.2) is 24.3 Å². The van der Waals surface area contributed by atoms with Gasteiger partial charge in [-0.2, -0.15) is 0 Å². The third-order valence-corrected chi connectivity index (χ3v) is 1.97. The molecule has 0 atom stereocenters. The molecule has 1 rings (SSSR count). The molecule has 0 fully saturated rings. The molecule has 5 heteroatoms. The highest BCUT2D eigenvalue weighted by Crippen LogP contribution is 2.14. The van der Waals surface area contributed by atoms with E-state index < -0.39 is 11.9 Å². The molecule has 1 aromatic rings. The van der Waals surface area contributed by atoms with Crippen LogP contribution in [0.1, 0.15) is 17.3 Å². The van der Waals surface area contributed by atoms with Crippen molar-refractivity contribution >= 4 is 27.9 Å². The lowest BCUT2D eigenvalue weighted by atomic mass is 10.2. The van der Waals surface area contributed by atoms with Crippen molar-refractivity contribution < 1.29 is 19.1 Å². The summed E-state index contributed by atoms with van der Waals surface area (Å²) < 4.78 is 9.76. The van der Waals surface area contributed by atoms with E-state index in [9.17, 15) is 9.59 Å². The quantitative estimate of drug-likeness (QED) is 0.484. The second-order valence-electron chi connectivity index (χ2n) is 2.95. The van der Waals surface area contributed by atoms with Crippen LogP contribution in [0.4, 0.5) is 0 Å². The van der Waals surface area contributed by atoms with Crippen molar-refractivity contribution in [2.24, 2.45) is 0 Å². The summed E-state index contributed by atoms with van der Waals surface area (Å²) in [6.07, 6.45) is 0. The fraction of sp³-hybridized carbons (Fsp3) is 0.273. The monoisotopic (exact) mass is 286 g/mol. The van der Waals surface area contributed by atoms with Crippen molar-refractivity contribution in [2.75, 3.05) is 11.9 Å². The lowest BCUT2D eigenvalue weighted by molar-refractivity contribution is -0.131. The molecule has 1 aromatic carbocycles. The molecule has 0 aromatic heterocycles. The third kappa shape index (κ3) is 4.02. The Morgan fingerprint density at radius 3 is 2.75 bits per heavy atom. The zero-order valence-corrected chi connectivity index (χ0v) is 10.3. The van der Waals surface area contributed by atoms with Crippen LogP contribution in [0.2, 0.25) is 0 Å². The van der Waals surface area contributed by atoms with E-state index in [4.69, 9.17) is 9.47 Å². The predicted octanol–water partition coefficient (Wildman–Crippen LogP) is 2.16. The van der Waals surface area contributed by atoms with E-state index in [0.717, 1.165) is 0 Å². The van der Waals surface area contributed by atoms with Crippen LogP contribution in [0.25, 0.3) is 0 Å². The predicted molar refractivity (Wildman–Crippen MR) is 61.8 cm³/mol. The number of hydrogen-bond donors (Lipinski definition) is 0. The molecule has 0 aliphatic rings. The van der Waals surface area contributed by atoms with Crippen LogP contribution in [0, 0.1) is 0 Å². The van der Waals surface area contributed by atoms with Gasteiger partial charge < -0.3 is 9.47 Å². The molecule has 86 valence electrons. The van der Waals surface area contributed by atoms with Gasteiger partial charge in [0.05, 0.1) is 5.56 Å². The van der Waals surface area contributed by atoms with Crippen LogP contribution in [-0.4, -0.2) is 23.9 Å². The van der Waals surface area contributed by atoms with Gasteiger partial charge in [0, 0.05) is 12.3 Å². The highest BCUT2D eigenvalue weighted by Gasteiger charge is 2.08. The maximum atomic E-state index is 11.5. The Balaban J connectivity index is 2.73. The number of carbonyl (C=O) groups excluding carboxylic acids is 2. The number of halogens is 1. The van der Waals surface area contributed by atoms with Gasteiger partial charge in [0.25, 0.3) is 0 Å². The average Bonchev–Trinajstić information content (AvgIpc) is 2.25. The molecular weight excluding hydrogens is 276 g/mol. The SMILES string of the molecule is CC(=O)Oc1cccc(C(=O)OCCBr)c1. The van der Waals surface area contributed by atoms with Crippen molar-refractivity contribution in [3.63, 3.8) is 0 Å². The summed E-state index contributed by atoms with van der Waals surface area (Å²) in [4.78, 5) is 22.2. The molecule has 0 radical (unpaired) electrons. The van der Waals surface area contributed by atoms with E-state index in [0.29, 0.717) is 23.2 Å². The van der Waals surface area contributed by atoms with Gasteiger partial charge >= 0.3 is 11.9 Å². The summed E-state index contributed by atoms with van der Waals surface area (Å²) in [6, 6.07) is 6.30. The molecule has 0 aliphatic carbocycles. The minimum absolute atomic E-state index is 0.302. The molecule has 0 saturated carbocycles. The molecule has 4 nitrogen and oxygen atoms in total. The van der Waals surface area contributed by atoms with Crippen LogP contribution in [-0.2, 0) is 9.53 Å². The Labute approximate surface area is 102 Å². The highest BCUT2D eigenvalue weighted by molar-refractivity contribution is 9.09. The molecular formula is C11H11BrO4. The summed E-state index contributed by atoms with van der Waals surface area (Å²) >= 11 is 3.15. The molecule has 0 spiro atoms. The van der Waals surface area contributed by atoms with Crippen LogP contribution < -0.4 is 4.74 Å². The first-order chi connectivity index (χ1) is 7.63. The lowest BCUT2D eigenvalue weighted by Crippen LogP contribution is -2.08. The summed E-state index contributed by atoms with van der Waals surface area (Å²) in [5.41, 5.74) is 0.361. The Hall–Kier alpha value is -1.36. The number of hydrogen-bond acceptors (Lipinski definition) is 4. The first-order valence-electron chi connectivity index (χ1n) is 4.65. The summed E-state index contributed by atoms with van der Waals surface area (Å²) in [5, 5.41) is 0.586. The van der Waals surface area contributed by atoms with Crippen molar-refractivity contribution in [2.45, 2.75) is 6.92 Å². The minimum atomic E-state index is -0.437. The number of ether oxygens (including phenoxy) is 2. The summed E-state index contributed by atoms with van der Waals surface area (Å²) in [5.74, 6) is -0.528. The maximum absolute atomic E-state index is 11.5. The molecule has 0 amide bonds. The molecule has 0 N–H and O–H groups in total. The van der Waals surface area contributed by atoms with Gasteiger partial charge in [-0.25, -0.2) is 4.79 Å². The fourth-order valence-electron chi connectivity index (χ4n) is 1.07. The maximum Gasteiger partial charge on any atom is 0.338 e. The fourth-order valence-corrected chi connectivity index (χ4v) is 1.23. The van der Waals surface area contributed by atoms with E-state index in [1.54, 1.807) is 18.2 Å². The van der Waals surface area contributed by atoms with Gasteiger partial charge in [-0.15, -0.1) is 0 Å². The van der Waals surface area contributed by atoms with Crippen molar-refractivity contribution in [3.05, 3.63) is 29.8 Å². The first kappa shape index (κ1) is 12.7. The van der Waals surface area contributed by atoms with E-state index in [-0.39, 0.29) is 0 Å². The van der Waals surface area contributed by atoms with Crippen LogP contribution >= 0.6 is 15.9 Å².